The van der Waals surface area contributed by atoms with Crippen molar-refractivity contribution in [2.45, 2.75) is 20.8 Å². The van der Waals surface area contributed by atoms with Gasteiger partial charge in [-0.2, -0.15) is 0 Å². The molecule has 0 aromatic carbocycles. The second-order valence-corrected chi connectivity index (χ2v) is 3.28. The Balaban J connectivity index is 4.14. The largest absolute Gasteiger partial charge is 0.481 e. The van der Waals surface area contributed by atoms with Crippen molar-refractivity contribution in [3.63, 3.8) is 0 Å². The van der Waals surface area contributed by atoms with Gasteiger partial charge in [-0.05, 0) is 11.8 Å². The number of nitrogens with two attached hydrogens (primary N) is 1. The van der Waals surface area contributed by atoms with E-state index in [1.54, 1.807) is 0 Å². The zero-order valence-electron chi connectivity index (χ0n) is 7.37. The lowest BCUT2D eigenvalue weighted by atomic mass is 9.85. The van der Waals surface area contributed by atoms with Crippen LogP contribution in [-0.4, -0.2) is 17.6 Å². The Morgan fingerprint density at radius 3 is 2.00 bits per heavy atom. The van der Waals surface area contributed by atoms with Gasteiger partial charge in [0.2, 0.25) is 0 Å². The molecule has 0 aliphatic carbocycles. The fourth-order valence-electron chi connectivity index (χ4n) is 1.00. The standard InChI is InChI=1S/C8H17NO2/c1-5(2)6(3)7(4-9)8(10)11/h5-7H,4,9H2,1-3H3,(H,10,11)/t6-,7?/m0/s1. The van der Waals surface area contributed by atoms with Crippen LogP contribution < -0.4 is 5.73 Å². The second-order valence-electron chi connectivity index (χ2n) is 3.28. The summed E-state index contributed by atoms with van der Waals surface area (Å²) in [5, 5.41) is 8.71. The lowest BCUT2D eigenvalue weighted by Gasteiger charge is -2.21. The molecule has 11 heavy (non-hydrogen) atoms. The molecule has 0 amide bonds. The van der Waals surface area contributed by atoms with Crippen molar-refractivity contribution in [3.8, 4) is 0 Å². The molecule has 0 aliphatic rings. The minimum atomic E-state index is -0.784. The van der Waals surface area contributed by atoms with E-state index < -0.39 is 11.9 Å². The third-order valence-corrected chi connectivity index (χ3v) is 2.26. The Hall–Kier alpha value is -0.570. The molecule has 2 atom stereocenters. The molecule has 0 bridgehead atoms. The van der Waals surface area contributed by atoms with Crippen LogP contribution in [0.5, 0.6) is 0 Å². The van der Waals surface area contributed by atoms with Crippen LogP contribution in [0.2, 0.25) is 0 Å². The zero-order valence-corrected chi connectivity index (χ0v) is 7.37. The SMILES string of the molecule is CC(C)[C@H](C)C(CN)C(=O)O. The van der Waals surface area contributed by atoms with Gasteiger partial charge >= 0.3 is 5.97 Å². The number of carboxylic acid groups (broad SMARTS) is 1. The van der Waals surface area contributed by atoms with Crippen molar-refractivity contribution in [1.82, 2.24) is 0 Å². The van der Waals surface area contributed by atoms with Gasteiger partial charge in [0.05, 0.1) is 5.92 Å². The first-order valence-corrected chi connectivity index (χ1v) is 3.93. The van der Waals surface area contributed by atoms with E-state index >= 15 is 0 Å². The highest BCUT2D eigenvalue weighted by Crippen LogP contribution is 2.19. The molecule has 3 heteroatoms. The number of aliphatic carboxylic acids is 1. The highest BCUT2D eigenvalue weighted by Gasteiger charge is 2.24. The third-order valence-electron chi connectivity index (χ3n) is 2.26. The highest BCUT2D eigenvalue weighted by atomic mass is 16.4. The first-order valence-electron chi connectivity index (χ1n) is 3.93. The van der Waals surface area contributed by atoms with Crippen LogP contribution in [-0.2, 0) is 4.79 Å². The predicted octanol–water partition coefficient (Wildman–Crippen LogP) is 0.938. The van der Waals surface area contributed by atoms with E-state index in [0.717, 1.165) is 0 Å². The molecule has 0 saturated carbocycles. The average molecular weight is 159 g/mol. The van der Waals surface area contributed by atoms with Crippen LogP contribution in [0.1, 0.15) is 20.8 Å². The van der Waals surface area contributed by atoms with Crippen LogP contribution in [0.4, 0.5) is 0 Å². The third kappa shape index (κ3) is 2.89. The molecule has 0 aliphatic heterocycles. The van der Waals surface area contributed by atoms with Crippen molar-refractivity contribution in [2.24, 2.45) is 23.5 Å². The molecular weight excluding hydrogens is 142 g/mol. The summed E-state index contributed by atoms with van der Waals surface area (Å²) >= 11 is 0. The van der Waals surface area contributed by atoms with Crippen LogP contribution in [0.3, 0.4) is 0 Å². The first kappa shape index (κ1) is 10.4. The normalized spacial score (nSPS) is 16.5. The Labute approximate surface area is 67.6 Å². The van der Waals surface area contributed by atoms with Crippen molar-refractivity contribution in [2.75, 3.05) is 6.54 Å². The van der Waals surface area contributed by atoms with Gasteiger partial charge in [0.25, 0.3) is 0 Å². The van der Waals surface area contributed by atoms with Crippen LogP contribution in [0.15, 0.2) is 0 Å². The minimum absolute atomic E-state index is 0.150. The van der Waals surface area contributed by atoms with Gasteiger partial charge in [0.1, 0.15) is 0 Å². The van der Waals surface area contributed by atoms with E-state index in [9.17, 15) is 4.79 Å². The Morgan fingerprint density at radius 2 is 1.91 bits per heavy atom. The van der Waals surface area contributed by atoms with Crippen LogP contribution in [0, 0.1) is 17.8 Å². The van der Waals surface area contributed by atoms with Crippen LogP contribution >= 0.6 is 0 Å². The zero-order chi connectivity index (χ0) is 9.02. The van der Waals surface area contributed by atoms with Crippen molar-refractivity contribution in [3.05, 3.63) is 0 Å². The molecule has 0 heterocycles. The fraction of sp³-hybridized carbons (Fsp3) is 0.875. The number of carboxylic acids is 1. The topological polar surface area (TPSA) is 63.3 Å². The van der Waals surface area contributed by atoms with Crippen molar-refractivity contribution >= 4 is 5.97 Å². The lowest BCUT2D eigenvalue weighted by molar-refractivity contribution is -0.143. The minimum Gasteiger partial charge on any atom is -0.481 e. The fourth-order valence-corrected chi connectivity index (χ4v) is 1.00. The van der Waals surface area contributed by atoms with Gasteiger partial charge in [0, 0.05) is 6.54 Å². The number of hydrogen-bond donors (Lipinski definition) is 2. The average Bonchev–Trinajstić information content (AvgIpc) is 1.88. The number of hydrogen-bond acceptors (Lipinski definition) is 2. The summed E-state index contributed by atoms with van der Waals surface area (Å²) in [5.74, 6) is -0.652. The molecule has 3 nitrogen and oxygen atoms in total. The maximum Gasteiger partial charge on any atom is 0.308 e. The molecule has 0 fully saturated rings. The van der Waals surface area contributed by atoms with Gasteiger partial charge in [-0.15, -0.1) is 0 Å². The summed E-state index contributed by atoms with van der Waals surface area (Å²) in [7, 11) is 0. The van der Waals surface area contributed by atoms with E-state index in [4.69, 9.17) is 10.8 Å². The summed E-state index contributed by atoms with van der Waals surface area (Å²) < 4.78 is 0. The van der Waals surface area contributed by atoms with E-state index in [1.165, 1.54) is 0 Å². The summed E-state index contributed by atoms with van der Waals surface area (Å²) in [6.07, 6.45) is 0. The molecule has 0 spiro atoms. The molecule has 0 aromatic rings. The van der Waals surface area contributed by atoms with Gasteiger partial charge in [-0.25, -0.2) is 0 Å². The number of carbonyl (C=O) groups is 1. The van der Waals surface area contributed by atoms with E-state index in [1.807, 2.05) is 20.8 Å². The quantitative estimate of drug-likeness (QED) is 0.641. The number of rotatable bonds is 4. The molecule has 0 aromatic heterocycles. The Morgan fingerprint density at radius 1 is 1.45 bits per heavy atom. The maximum atomic E-state index is 10.6. The summed E-state index contributed by atoms with van der Waals surface area (Å²) in [6.45, 7) is 6.18. The second kappa shape index (κ2) is 4.34. The molecule has 66 valence electrons. The smallest absolute Gasteiger partial charge is 0.308 e. The monoisotopic (exact) mass is 159 g/mol. The van der Waals surface area contributed by atoms with E-state index in [-0.39, 0.29) is 12.5 Å². The molecule has 1 unspecified atom stereocenters. The van der Waals surface area contributed by atoms with Gasteiger partial charge in [-0.3, -0.25) is 4.79 Å². The van der Waals surface area contributed by atoms with E-state index in [2.05, 4.69) is 0 Å². The lowest BCUT2D eigenvalue weighted by Crippen LogP contribution is -2.31. The molecule has 0 saturated heterocycles. The Kier molecular flexibility index (Phi) is 4.11. The highest BCUT2D eigenvalue weighted by molar-refractivity contribution is 5.70. The van der Waals surface area contributed by atoms with Crippen molar-refractivity contribution < 1.29 is 9.90 Å². The van der Waals surface area contributed by atoms with Gasteiger partial charge in [-0.1, -0.05) is 20.8 Å². The Bertz CT molecular complexity index is 134. The molecular formula is C8H17NO2. The first-order chi connectivity index (χ1) is 5.00. The summed E-state index contributed by atoms with van der Waals surface area (Å²) in [6, 6.07) is 0. The summed E-state index contributed by atoms with van der Waals surface area (Å²) in [5.41, 5.74) is 5.33. The predicted molar refractivity (Wildman–Crippen MR) is 44.2 cm³/mol. The molecule has 0 radical (unpaired) electrons. The van der Waals surface area contributed by atoms with Crippen molar-refractivity contribution in [1.29, 1.82) is 0 Å². The molecule has 0 rings (SSSR count). The maximum absolute atomic E-state index is 10.6. The summed E-state index contributed by atoms with van der Waals surface area (Å²) in [4.78, 5) is 10.6. The van der Waals surface area contributed by atoms with E-state index in [0.29, 0.717) is 5.92 Å². The van der Waals surface area contributed by atoms with Crippen LogP contribution in [0.25, 0.3) is 0 Å². The van der Waals surface area contributed by atoms with Gasteiger partial charge < -0.3 is 10.8 Å². The van der Waals surface area contributed by atoms with Gasteiger partial charge in [0.15, 0.2) is 0 Å². The molecule has 3 N–H and O–H groups in total.